The van der Waals surface area contributed by atoms with E-state index in [2.05, 4.69) is 17.0 Å². The molecule has 0 atom stereocenters. The lowest BCUT2D eigenvalue weighted by molar-refractivity contribution is 0.0700. The van der Waals surface area contributed by atoms with E-state index in [-0.39, 0.29) is 0 Å². The molecule has 5 nitrogen and oxygen atoms in total. The van der Waals surface area contributed by atoms with Crippen molar-refractivity contribution in [3.63, 3.8) is 0 Å². The van der Waals surface area contributed by atoms with Crippen LogP contribution in [0.15, 0.2) is 12.4 Å². The molecular weight excluding hydrogens is 262 g/mol. The standard InChI is InChI=1S/C13H17N3O2S/c1-3-5-10-11(13(17)18)19-12(15-10)9-7-14-16(8-9)6-4-2/h7-8H,3-6H2,1-2H3,(H,17,18). The van der Waals surface area contributed by atoms with Gasteiger partial charge in [-0.15, -0.1) is 11.3 Å². The van der Waals surface area contributed by atoms with Gasteiger partial charge >= 0.3 is 5.97 Å². The maximum atomic E-state index is 11.2. The highest BCUT2D eigenvalue weighted by Gasteiger charge is 2.18. The molecule has 0 bridgehead atoms. The number of aromatic carboxylic acids is 1. The minimum absolute atomic E-state index is 0.347. The van der Waals surface area contributed by atoms with Gasteiger partial charge in [-0.05, 0) is 12.8 Å². The number of thiazole rings is 1. The fourth-order valence-corrected chi connectivity index (χ4v) is 2.80. The second-order valence-electron chi connectivity index (χ2n) is 4.34. The number of nitrogens with zero attached hydrogens (tertiary/aromatic N) is 3. The number of hydrogen-bond acceptors (Lipinski definition) is 4. The third-order valence-electron chi connectivity index (χ3n) is 2.71. The van der Waals surface area contributed by atoms with Gasteiger partial charge in [-0.3, -0.25) is 4.68 Å². The molecule has 2 rings (SSSR count). The molecule has 19 heavy (non-hydrogen) atoms. The van der Waals surface area contributed by atoms with E-state index in [1.165, 1.54) is 11.3 Å². The highest BCUT2D eigenvalue weighted by Crippen LogP contribution is 2.28. The molecule has 0 aromatic carbocycles. The molecule has 0 fully saturated rings. The van der Waals surface area contributed by atoms with Gasteiger partial charge in [0.05, 0.1) is 11.9 Å². The number of rotatable bonds is 6. The second-order valence-corrected chi connectivity index (χ2v) is 5.34. The summed E-state index contributed by atoms with van der Waals surface area (Å²) in [6, 6.07) is 0. The summed E-state index contributed by atoms with van der Waals surface area (Å²) < 4.78 is 1.86. The van der Waals surface area contributed by atoms with Crippen LogP contribution in [0.5, 0.6) is 0 Å². The average molecular weight is 279 g/mol. The molecule has 0 aliphatic rings. The summed E-state index contributed by atoms with van der Waals surface area (Å²) in [6.45, 7) is 4.97. The Kier molecular flexibility index (Phi) is 4.31. The first kappa shape index (κ1) is 13.7. The van der Waals surface area contributed by atoms with Gasteiger partial charge in [-0.25, -0.2) is 9.78 Å². The highest BCUT2D eigenvalue weighted by atomic mass is 32.1. The molecule has 0 amide bonds. The van der Waals surface area contributed by atoms with Crippen LogP contribution in [0.25, 0.3) is 10.6 Å². The quantitative estimate of drug-likeness (QED) is 0.882. The molecule has 2 aromatic heterocycles. The van der Waals surface area contributed by atoms with Crippen molar-refractivity contribution in [3.8, 4) is 10.6 Å². The summed E-state index contributed by atoms with van der Waals surface area (Å²) in [5.41, 5.74) is 1.57. The van der Waals surface area contributed by atoms with Crippen LogP contribution in [0.1, 0.15) is 42.1 Å². The van der Waals surface area contributed by atoms with Crippen LogP contribution in [-0.2, 0) is 13.0 Å². The van der Waals surface area contributed by atoms with Crippen LogP contribution in [-0.4, -0.2) is 25.8 Å². The minimum Gasteiger partial charge on any atom is -0.477 e. The largest absolute Gasteiger partial charge is 0.477 e. The Morgan fingerprint density at radius 1 is 1.42 bits per heavy atom. The minimum atomic E-state index is -0.895. The van der Waals surface area contributed by atoms with E-state index < -0.39 is 5.97 Å². The Bertz CT molecular complexity index is 574. The maximum absolute atomic E-state index is 11.2. The number of aromatic nitrogens is 3. The molecule has 102 valence electrons. The molecule has 1 N–H and O–H groups in total. The van der Waals surface area contributed by atoms with Crippen molar-refractivity contribution in [1.29, 1.82) is 0 Å². The van der Waals surface area contributed by atoms with Gasteiger partial charge in [0.15, 0.2) is 0 Å². The molecule has 0 saturated heterocycles. The first-order valence-electron chi connectivity index (χ1n) is 6.41. The zero-order chi connectivity index (χ0) is 13.8. The van der Waals surface area contributed by atoms with Crippen molar-refractivity contribution in [3.05, 3.63) is 23.0 Å². The van der Waals surface area contributed by atoms with E-state index in [4.69, 9.17) is 0 Å². The van der Waals surface area contributed by atoms with Gasteiger partial charge in [-0.2, -0.15) is 5.10 Å². The first-order valence-corrected chi connectivity index (χ1v) is 7.23. The highest BCUT2D eigenvalue weighted by molar-refractivity contribution is 7.17. The fourth-order valence-electron chi connectivity index (χ4n) is 1.87. The molecule has 0 saturated carbocycles. The van der Waals surface area contributed by atoms with Gasteiger partial charge < -0.3 is 5.11 Å². The number of carboxylic acid groups (broad SMARTS) is 1. The van der Waals surface area contributed by atoms with Gasteiger partial charge in [0.25, 0.3) is 0 Å². The van der Waals surface area contributed by atoms with Crippen molar-refractivity contribution in [1.82, 2.24) is 14.8 Å². The monoisotopic (exact) mass is 279 g/mol. The van der Waals surface area contributed by atoms with Crippen molar-refractivity contribution < 1.29 is 9.90 Å². The van der Waals surface area contributed by atoms with Crippen molar-refractivity contribution in [2.45, 2.75) is 39.7 Å². The Morgan fingerprint density at radius 3 is 2.84 bits per heavy atom. The molecular formula is C13H17N3O2S. The summed E-state index contributed by atoms with van der Waals surface area (Å²) >= 11 is 1.23. The molecule has 2 heterocycles. The molecule has 0 aliphatic carbocycles. The zero-order valence-electron chi connectivity index (χ0n) is 11.1. The van der Waals surface area contributed by atoms with Crippen molar-refractivity contribution in [2.24, 2.45) is 0 Å². The second kappa shape index (κ2) is 5.97. The van der Waals surface area contributed by atoms with Gasteiger partial charge in [0, 0.05) is 18.3 Å². The van der Waals surface area contributed by atoms with Crippen LogP contribution >= 0.6 is 11.3 Å². The number of carboxylic acids is 1. The van der Waals surface area contributed by atoms with Gasteiger partial charge in [-0.1, -0.05) is 20.3 Å². The molecule has 0 unspecified atom stereocenters. The Balaban J connectivity index is 2.33. The summed E-state index contributed by atoms with van der Waals surface area (Å²) in [7, 11) is 0. The van der Waals surface area contributed by atoms with Crippen molar-refractivity contribution in [2.75, 3.05) is 0 Å². The normalized spacial score (nSPS) is 10.8. The summed E-state index contributed by atoms with van der Waals surface area (Å²) in [5.74, 6) is -0.895. The topological polar surface area (TPSA) is 68.0 Å². The van der Waals surface area contributed by atoms with E-state index in [1.807, 2.05) is 17.8 Å². The Labute approximate surface area is 115 Å². The van der Waals surface area contributed by atoms with Gasteiger partial charge in [0.2, 0.25) is 0 Å². The summed E-state index contributed by atoms with van der Waals surface area (Å²) in [6.07, 6.45) is 6.26. The number of carbonyl (C=O) groups is 1. The number of hydrogen-bond donors (Lipinski definition) is 1. The lowest BCUT2D eigenvalue weighted by Gasteiger charge is -1.94. The summed E-state index contributed by atoms with van der Waals surface area (Å²) in [5, 5.41) is 14.2. The SMILES string of the molecule is CCCc1nc(-c2cnn(CCC)c2)sc1C(=O)O. The third-order valence-corrected chi connectivity index (χ3v) is 3.85. The fraction of sp³-hybridized carbons (Fsp3) is 0.462. The van der Waals surface area contributed by atoms with Crippen LogP contribution in [0.3, 0.4) is 0 Å². The molecule has 0 spiro atoms. The van der Waals surface area contributed by atoms with Crippen LogP contribution in [0.4, 0.5) is 0 Å². The van der Waals surface area contributed by atoms with E-state index >= 15 is 0 Å². The average Bonchev–Trinajstić information content (AvgIpc) is 2.96. The van der Waals surface area contributed by atoms with E-state index in [0.29, 0.717) is 17.0 Å². The van der Waals surface area contributed by atoms with Gasteiger partial charge in [0.1, 0.15) is 9.88 Å². The van der Waals surface area contributed by atoms with E-state index in [9.17, 15) is 9.90 Å². The molecule has 0 radical (unpaired) electrons. The third kappa shape index (κ3) is 3.01. The maximum Gasteiger partial charge on any atom is 0.347 e. The van der Waals surface area contributed by atoms with Crippen LogP contribution < -0.4 is 0 Å². The predicted molar refractivity (Wildman–Crippen MR) is 74.6 cm³/mol. The van der Waals surface area contributed by atoms with E-state index in [1.54, 1.807) is 6.20 Å². The smallest absolute Gasteiger partial charge is 0.347 e. The van der Waals surface area contributed by atoms with Crippen LogP contribution in [0.2, 0.25) is 0 Å². The first-order chi connectivity index (χ1) is 9.15. The summed E-state index contributed by atoms with van der Waals surface area (Å²) in [4.78, 5) is 16.0. The number of aryl methyl sites for hydroxylation is 2. The van der Waals surface area contributed by atoms with Crippen molar-refractivity contribution >= 4 is 17.3 Å². The van der Waals surface area contributed by atoms with E-state index in [0.717, 1.165) is 30.0 Å². The zero-order valence-corrected chi connectivity index (χ0v) is 11.9. The lowest BCUT2D eigenvalue weighted by Crippen LogP contribution is -1.98. The molecule has 0 aliphatic heterocycles. The Morgan fingerprint density at radius 2 is 2.21 bits per heavy atom. The lowest BCUT2D eigenvalue weighted by atomic mass is 10.2. The molecule has 6 heteroatoms. The molecule has 2 aromatic rings. The van der Waals surface area contributed by atoms with Crippen LogP contribution in [0, 0.1) is 0 Å². The predicted octanol–water partition coefficient (Wildman–Crippen LogP) is 3.07. The Hall–Kier alpha value is -1.69.